The highest BCUT2D eigenvalue weighted by Crippen LogP contribution is 2.32. The number of para-hydroxylation sites is 1. The molecule has 1 atom stereocenters. The second-order valence-corrected chi connectivity index (χ2v) is 7.90. The van der Waals surface area contributed by atoms with Gasteiger partial charge in [-0.1, -0.05) is 48.2 Å². The minimum atomic E-state index is -1.00. The SMILES string of the molecule is CC(O)c1c(F)c(-c2cccc(/C=C3\SC(=S)NC3=O)n2)nc2ccccc12. The zero-order valence-electron chi connectivity index (χ0n) is 14.6. The van der Waals surface area contributed by atoms with E-state index in [-0.39, 0.29) is 17.2 Å². The Morgan fingerprint density at radius 1 is 1.21 bits per heavy atom. The number of hydrogen-bond donors (Lipinski definition) is 2. The van der Waals surface area contributed by atoms with Crippen molar-refractivity contribution < 1.29 is 14.3 Å². The Hall–Kier alpha value is -2.68. The van der Waals surface area contributed by atoms with E-state index < -0.39 is 11.9 Å². The van der Waals surface area contributed by atoms with Crippen molar-refractivity contribution in [3.05, 3.63) is 64.4 Å². The molecule has 1 fully saturated rings. The molecule has 1 aromatic carbocycles. The molecular weight excluding hydrogens is 397 g/mol. The zero-order valence-corrected chi connectivity index (χ0v) is 16.3. The quantitative estimate of drug-likeness (QED) is 0.502. The van der Waals surface area contributed by atoms with Gasteiger partial charge in [0.2, 0.25) is 0 Å². The van der Waals surface area contributed by atoms with Gasteiger partial charge in [-0.05, 0) is 31.2 Å². The first-order valence-electron chi connectivity index (χ1n) is 8.42. The molecule has 0 aliphatic carbocycles. The molecule has 0 saturated carbocycles. The minimum Gasteiger partial charge on any atom is -0.389 e. The lowest BCUT2D eigenvalue weighted by Gasteiger charge is -2.14. The number of nitrogens with one attached hydrogen (secondary N) is 1. The maximum absolute atomic E-state index is 15.2. The molecule has 3 heterocycles. The summed E-state index contributed by atoms with van der Waals surface area (Å²) in [4.78, 5) is 21.1. The second-order valence-electron chi connectivity index (χ2n) is 6.18. The van der Waals surface area contributed by atoms with Gasteiger partial charge >= 0.3 is 0 Å². The number of aliphatic hydroxyl groups is 1. The zero-order chi connectivity index (χ0) is 19.8. The number of carbonyl (C=O) groups excluding carboxylic acids is 1. The number of halogens is 1. The normalized spacial score (nSPS) is 16.6. The van der Waals surface area contributed by atoms with Gasteiger partial charge in [-0.15, -0.1) is 0 Å². The Balaban J connectivity index is 1.85. The van der Waals surface area contributed by atoms with Gasteiger partial charge in [0.25, 0.3) is 5.91 Å². The molecule has 1 aliphatic heterocycles. The van der Waals surface area contributed by atoms with Gasteiger partial charge in [-0.2, -0.15) is 0 Å². The van der Waals surface area contributed by atoms with E-state index in [1.807, 2.05) is 0 Å². The number of thioether (sulfide) groups is 1. The van der Waals surface area contributed by atoms with Crippen molar-refractivity contribution in [1.82, 2.24) is 15.3 Å². The van der Waals surface area contributed by atoms with Crippen LogP contribution in [-0.2, 0) is 4.79 Å². The third-order valence-corrected chi connectivity index (χ3v) is 5.39. The van der Waals surface area contributed by atoms with E-state index in [4.69, 9.17) is 12.2 Å². The molecule has 140 valence electrons. The average Bonchev–Trinajstić information content (AvgIpc) is 2.98. The topological polar surface area (TPSA) is 75.1 Å². The van der Waals surface area contributed by atoms with E-state index in [0.717, 1.165) is 11.8 Å². The smallest absolute Gasteiger partial charge is 0.263 e. The van der Waals surface area contributed by atoms with E-state index in [2.05, 4.69) is 15.3 Å². The van der Waals surface area contributed by atoms with E-state index in [1.165, 1.54) is 6.92 Å². The number of aromatic nitrogens is 2. The number of amides is 1. The van der Waals surface area contributed by atoms with Crippen LogP contribution in [0.25, 0.3) is 28.4 Å². The molecule has 0 bridgehead atoms. The first kappa shape index (κ1) is 18.7. The van der Waals surface area contributed by atoms with Crippen molar-refractivity contribution in [2.75, 3.05) is 0 Å². The molecule has 4 rings (SSSR count). The summed E-state index contributed by atoms with van der Waals surface area (Å²) in [5, 5.41) is 13.2. The molecular formula is C20H14FN3O2S2. The van der Waals surface area contributed by atoms with Crippen LogP contribution in [0.4, 0.5) is 4.39 Å². The number of rotatable bonds is 3. The van der Waals surface area contributed by atoms with E-state index in [0.29, 0.717) is 31.5 Å². The number of carbonyl (C=O) groups is 1. The standard InChI is InChI=1S/C20H14FN3O2S2/c1-10(25)16-12-6-2-3-7-13(12)23-18(17(16)21)14-8-4-5-11(22-14)9-15-19(26)24-20(27)28-15/h2-10,25H,1H3,(H,24,26,27)/b15-9-. The number of hydrogen-bond acceptors (Lipinski definition) is 6. The van der Waals surface area contributed by atoms with Crippen LogP contribution in [0, 0.1) is 5.82 Å². The van der Waals surface area contributed by atoms with Crippen molar-refractivity contribution in [1.29, 1.82) is 0 Å². The van der Waals surface area contributed by atoms with Crippen LogP contribution < -0.4 is 5.32 Å². The highest BCUT2D eigenvalue weighted by Gasteiger charge is 2.23. The Bertz CT molecular complexity index is 1160. The van der Waals surface area contributed by atoms with Crippen molar-refractivity contribution in [2.45, 2.75) is 13.0 Å². The summed E-state index contributed by atoms with van der Waals surface area (Å²) >= 11 is 6.13. The Morgan fingerprint density at radius 3 is 2.71 bits per heavy atom. The van der Waals surface area contributed by atoms with Crippen molar-refractivity contribution >= 4 is 51.2 Å². The van der Waals surface area contributed by atoms with Crippen molar-refractivity contribution in [3.63, 3.8) is 0 Å². The predicted molar refractivity (Wildman–Crippen MR) is 112 cm³/mol. The molecule has 0 spiro atoms. The Labute approximate surface area is 169 Å². The lowest BCUT2D eigenvalue weighted by molar-refractivity contribution is -0.115. The monoisotopic (exact) mass is 411 g/mol. The lowest BCUT2D eigenvalue weighted by atomic mass is 10.0. The average molecular weight is 411 g/mol. The summed E-state index contributed by atoms with van der Waals surface area (Å²) < 4.78 is 15.6. The fourth-order valence-corrected chi connectivity index (χ4v) is 4.04. The fourth-order valence-electron chi connectivity index (χ4n) is 3.01. The summed E-state index contributed by atoms with van der Waals surface area (Å²) in [7, 11) is 0. The second kappa shape index (κ2) is 7.38. The molecule has 1 saturated heterocycles. The van der Waals surface area contributed by atoms with Gasteiger partial charge in [0.05, 0.1) is 27.9 Å². The van der Waals surface area contributed by atoms with Gasteiger partial charge in [-0.3, -0.25) is 4.79 Å². The van der Waals surface area contributed by atoms with E-state index in [9.17, 15) is 9.90 Å². The fraction of sp³-hybridized carbons (Fsp3) is 0.100. The number of benzene rings is 1. The highest BCUT2D eigenvalue weighted by molar-refractivity contribution is 8.26. The molecule has 1 aliphatic rings. The van der Waals surface area contributed by atoms with Crippen LogP contribution in [-0.4, -0.2) is 25.3 Å². The largest absolute Gasteiger partial charge is 0.389 e. The number of thiocarbonyl (C=S) groups is 1. The maximum atomic E-state index is 15.2. The molecule has 2 aromatic heterocycles. The van der Waals surface area contributed by atoms with Gasteiger partial charge in [0, 0.05) is 10.9 Å². The molecule has 28 heavy (non-hydrogen) atoms. The molecule has 1 unspecified atom stereocenters. The molecule has 2 N–H and O–H groups in total. The van der Waals surface area contributed by atoms with Crippen molar-refractivity contribution in [3.8, 4) is 11.4 Å². The molecule has 1 amide bonds. The third kappa shape index (κ3) is 3.42. The summed E-state index contributed by atoms with van der Waals surface area (Å²) in [6.07, 6.45) is 0.591. The molecule has 3 aromatic rings. The van der Waals surface area contributed by atoms with E-state index in [1.54, 1.807) is 48.5 Å². The Morgan fingerprint density at radius 2 is 2.00 bits per heavy atom. The summed E-state index contributed by atoms with van der Waals surface area (Å²) in [6, 6.07) is 12.1. The van der Waals surface area contributed by atoms with Gasteiger partial charge in [0.15, 0.2) is 5.82 Å². The first-order chi connectivity index (χ1) is 13.4. The third-order valence-electron chi connectivity index (χ3n) is 4.22. The van der Waals surface area contributed by atoms with Crippen LogP contribution >= 0.6 is 24.0 Å². The number of pyridine rings is 2. The summed E-state index contributed by atoms with van der Waals surface area (Å²) in [5.41, 5.74) is 1.59. The van der Waals surface area contributed by atoms with Crippen molar-refractivity contribution in [2.24, 2.45) is 0 Å². The molecule has 5 nitrogen and oxygen atoms in total. The van der Waals surface area contributed by atoms with Gasteiger partial charge in [-0.25, -0.2) is 14.4 Å². The maximum Gasteiger partial charge on any atom is 0.263 e. The van der Waals surface area contributed by atoms with Crippen LogP contribution in [0.2, 0.25) is 0 Å². The number of nitrogens with zero attached hydrogens (tertiary/aromatic N) is 2. The van der Waals surface area contributed by atoms with Crippen LogP contribution in [0.3, 0.4) is 0 Å². The minimum absolute atomic E-state index is 0.0499. The summed E-state index contributed by atoms with van der Waals surface area (Å²) in [6.45, 7) is 1.52. The van der Waals surface area contributed by atoms with Crippen LogP contribution in [0.15, 0.2) is 47.4 Å². The number of aliphatic hydroxyl groups excluding tert-OH is 1. The van der Waals surface area contributed by atoms with E-state index >= 15 is 4.39 Å². The molecule has 0 radical (unpaired) electrons. The predicted octanol–water partition coefficient (Wildman–Crippen LogP) is 3.98. The number of fused-ring (bicyclic) bond motifs is 1. The first-order valence-corrected chi connectivity index (χ1v) is 9.65. The van der Waals surface area contributed by atoms with Crippen LogP contribution in [0.5, 0.6) is 0 Å². The Kier molecular flexibility index (Phi) is 4.92. The van der Waals surface area contributed by atoms with Crippen LogP contribution in [0.1, 0.15) is 24.3 Å². The summed E-state index contributed by atoms with van der Waals surface area (Å²) in [5.74, 6) is -0.895. The van der Waals surface area contributed by atoms with Gasteiger partial charge in [0.1, 0.15) is 10.0 Å². The molecule has 8 heteroatoms. The highest BCUT2D eigenvalue weighted by atomic mass is 32.2. The van der Waals surface area contributed by atoms with Gasteiger partial charge < -0.3 is 10.4 Å². The lowest BCUT2D eigenvalue weighted by Crippen LogP contribution is -2.17.